The summed E-state index contributed by atoms with van der Waals surface area (Å²) in [6.45, 7) is 12.3. The average molecular weight is 295 g/mol. The van der Waals surface area contributed by atoms with Crippen LogP contribution < -0.4 is 5.73 Å². The summed E-state index contributed by atoms with van der Waals surface area (Å²) in [5.41, 5.74) is 6.33. The van der Waals surface area contributed by atoms with Crippen LogP contribution in [0, 0.1) is 5.92 Å². The van der Waals surface area contributed by atoms with Crippen LogP contribution in [-0.4, -0.2) is 24.5 Å². The third-order valence-corrected chi connectivity index (χ3v) is 6.20. The molecule has 2 heterocycles. The van der Waals surface area contributed by atoms with E-state index in [2.05, 4.69) is 44.7 Å². The van der Waals surface area contributed by atoms with E-state index in [4.69, 9.17) is 5.73 Å². The van der Waals surface area contributed by atoms with Crippen LogP contribution in [0.2, 0.25) is 0 Å². The summed E-state index contributed by atoms with van der Waals surface area (Å²) < 4.78 is 0. The molecule has 0 bridgehead atoms. The third kappa shape index (κ3) is 3.63. The lowest BCUT2D eigenvalue weighted by atomic mass is 9.93. The Labute approximate surface area is 128 Å². The van der Waals surface area contributed by atoms with Crippen molar-refractivity contribution in [3.8, 4) is 0 Å². The van der Waals surface area contributed by atoms with Crippen molar-refractivity contribution in [1.29, 1.82) is 0 Å². The molecule has 0 aliphatic carbocycles. The number of thiophene rings is 1. The highest BCUT2D eigenvalue weighted by Gasteiger charge is 2.26. The lowest BCUT2D eigenvalue weighted by Gasteiger charge is -2.36. The highest BCUT2D eigenvalue weighted by Crippen LogP contribution is 2.35. The molecule has 2 rings (SSSR count). The molecule has 0 amide bonds. The predicted molar refractivity (Wildman–Crippen MR) is 89.4 cm³/mol. The summed E-state index contributed by atoms with van der Waals surface area (Å²) in [6, 6.07) is 5.02. The molecule has 3 heteroatoms. The fraction of sp³-hybridized carbons (Fsp3) is 0.765. The number of hydrogen-bond donors (Lipinski definition) is 1. The van der Waals surface area contributed by atoms with Gasteiger partial charge in [-0.1, -0.05) is 34.1 Å². The van der Waals surface area contributed by atoms with Crippen molar-refractivity contribution in [2.45, 2.75) is 58.4 Å². The fourth-order valence-electron chi connectivity index (χ4n) is 3.05. The van der Waals surface area contributed by atoms with Gasteiger partial charge in [0, 0.05) is 16.3 Å². The van der Waals surface area contributed by atoms with Gasteiger partial charge in [0.15, 0.2) is 0 Å². The molecule has 1 aliphatic rings. The van der Waals surface area contributed by atoms with Crippen LogP contribution in [0.25, 0.3) is 0 Å². The summed E-state index contributed by atoms with van der Waals surface area (Å²) in [6.07, 6.45) is 4.00. The van der Waals surface area contributed by atoms with Gasteiger partial charge in [-0.25, -0.2) is 0 Å². The van der Waals surface area contributed by atoms with E-state index in [0.29, 0.717) is 6.04 Å². The van der Waals surface area contributed by atoms with Crippen molar-refractivity contribution in [2.75, 3.05) is 19.6 Å². The molecule has 20 heavy (non-hydrogen) atoms. The van der Waals surface area contributed by atoms with Crippen molar-refractivity contribution in [3.63, 3.8) is 0 Å². The van der Waals surface area contributed by atoms with Gasteiger partial charge in [0.05, 0.1) is 6.04 Å². The lowest BCUT2D eigenvalue weighted by Crippen LogP contribution is -2.39. The van der Waals surface area contributed by atoms with Crippen molar-refractivity contribution in [2.24, 2.45) is 11.7 Å². The van der Waals surface area contributed by atoms with E-state index < -0.39 is 0 Å². The van der Waals surface area contributed by atoms with E-state index in [-0.39, 0.29) is 5.41 Å². The minimum absolute atomic E-state index is 0.247. The van der Waals surface area contributed by atoms with Gasteiger partial charge in [-0.15, -0.1) is 11.3 Å². The largest absolute Gasteiger partial charge is 0.329 e. The molecule has 1 aromatic rings. The molecule has 1 fully saturated rings. The first-order chi connectivity index (χ1) is 9.45. The predicted octanol–water partition coefficient (Wildman–Crippen LogP) is 4.17. The Kier molecular flexibility index (Phi) is 5.27. The minimum Gasteiger partial charge on any atom is -0.329 e. The Morgan fingerprint density at radius 2 is 1.95 bits per heavy atom. The van der Waals surface area contributed by atoms with E-state index in [0.717, 1.165) is 12.5 Å². The smallest absolute Gasteiger partial charge is 0.0564 e. The zero-order valence-corrected chi connectivity index (χ0v) is 14.3. The Hall–Kier alpha value is -0.380. The second-order valence-electron chi connectivity index (χ2n) is 7.09. The second-order valence-corrected chi connectivity index (χ2v) is 8.21. The third-order valence-electron chi connectivity index (χ3n) is 4.58. The maximum Gasteiger partial charge on any atom is 0.0564 e. The number of nitrogens with zero attached hydrogens (tertiary/aromatic N) is 1. The summed E-state index contributed by atoms with van der Waals surface area (Å²) in [5, 5.41) is 0. The second kappa shape index (κ2) is 6.59. The van der Waals surface area contributed by atoms with Gasteiger partial charge in [0.25, 0.3) is 0 Å². The van der Waals surface area contributed by atoms with Crippen molar-refractivity contribution in [1.82, 2.24) is 4.90 Å². The molecule has 1 aromatic heterocycles. The molecule has 1 saturated heterocycles. The molecule has 0 saturated carbocycles. The summed E-state index contributed by atoms with van der Waals surface area (Å²) in [7, 11) is 0. The summed E-state index contributed by atoms with van der Waals surface area (Å²) in [5.74, 6) is 0.929. The SMILES string of the molecule is CCC1CCN(C(CN)c2ccc(C(C)(C)C)s2)CC1. The van der Waals surface area contributed by atoms with Crippen LogP contribution in [0.3, 0.4) is 0 Å². The van der Waals surface area contributed by atoms with Crippen LogP contribution in [-0.2, 0) is 5.41 Å². The first-order valence-electron chi connectivity index (χ1n) is 8.00. The topological polar surface area (TPSA) is 29.3 Å². The first-order valence-corrected chi connectivity index (χ1v) is 8.81. The maximum atomic E-state index is 6.09. The van der Waals surface area contributed by atoms with E-state index in [1.807, 2.05) is 11.3 Å². The highest BCUT2D eigenvalue weighted by atomic mass is 32.1. The van der Waals surface area contributed by atoms with Crippen molar-refractivity contribution < 1.29 is 0 Å². The molecule has 1 unspecified atom stereocenters. The Morgan fingerprint density at radius 1 is 1.30 bits per heavy atom. The van der Waals surface area contributed by atoms with E-state index in [1.54, 1.807) is 0 Å². The highest BCUT2D eigenvalue weighted by molar-refractivity contribution is 7.12. The van der Waals surface area contributed by atoms with Gasteiger partial charge in [-0.2, -0.15) is 0 Å². The van der Waals surface area contributed by atoms with Crippen LogP contribution in [0.15, 0.2) is 12.1 Å². The molecule has 0 aromatic carbocycles. The quantitative estimate of drug-likeness (QED) is 0.903. The van der Waals surface area contributed by atoms with Gasteiger partial charge < -0.3 is 5.73 Å². The van der Waals surface area contributed by atoms with Crippen LogP contribution in [0.5, 0.6) is 0 Å². The van der Waals surface area contributed by atoms with Gasteiger partial charge >= 0.3 is 0 Å². The molecular weight excluding hydrogens is 264 g/mol. The van der Waals surface area contributed by atoms with Crippen LogP contribution >= 0.6 is 11.3 Å². The number of nitrogens with two attached hydrogens (primary N) is 1. The lowest BCUT2D eigenvalue weighted by molar-refractivity contribution is 0.135. The number of hydrogen-bond acceptors (Lipinski definition) is 3. The summed E-state index contributed by atoms with van der Waals surface area (Å²) in [4.78, 5) is 5.52. The first kappa shape index (κ1) is 16.0. The molecule has 2 N–H and O–H groups in total. The normalized spacial score (nSPS) is 20.2. The molecule has 0 radical (unpaired) electrons. The molecule has 2 nitrogen and oxygen atoms in total. The van der Waals surface area contributed by atoms with Gasteiger partial charge in [-0.05, 0) is 49.4 Å². The Morgan fingerprint density at radius 3 is 2.40 bits per heavy atom. The average Bonchev–Trinajstić information content (AvgIpc) is 2.90. The number of piperidine rings is 1. The van der Waals surface area contributed by atoms with Gasteiger partial charge in [0.1, 0.15) is 0 Å². The fourth-order valence-corrected chi connectivity index (χ4v) is 4.27. The van der Waals surface area contributed by atoms with E-state index >= 15 is 0 Å². The Balaban J connectivity index is 2.07. The van der Waals surface area contributed by atoms with Crippen LogP contribution in [0.4, 0.5) is 0 Å². The van der Waals surface area contributed by atoms with E-state index in [9.17, 15) is 0 Å². The van der Waals surface area contributed by atoms with Crippen LogP contribution in [0.1, 0.15) is 62.8 Å². The Bertz CT molecular complexity index is 411. The van der Waals surface area contributed by atoms with Gasteiger partial charge in [0.2, 0.25) is 0 Å². The zero-order valence-electron chi connectivity index (χ0n) is 13.5. The van der Waals surface area contributed by atoms with Crippen molar-refractivity contribution in [3.05, 3.63) is 21.9 Å². The van der Waals surface area contributed by atoms with Gasteiger partial charge in [-0.3, -0.25) is 4.90 Å². The zero-order chi connectivity index (χ0) is 14.8. The van der Waals surface area contributed by atoms with E-state index in [1.165, 1.54) is 42.1 Å². The minimum atomic E-state index is 0.247. The number of likely N-dealkylation sites (tertiary alicyclic amines) is 1. The molecule has 1 aliphatic heterocycles. The molecule has 1 atom stereocenters. The molecule has 114 valence electrons. The molecule has 0 spiro atoms. The monoisotopic (exact) mass is 294 g/mol. The maximum absolute atomic E-state index is 6.09. The number of rotatable bonds is 4. The van der Waals surface area contributed by atoms with Crippen molar-refractivity contribution >= 4 is 11.3 Å². The standard InChI is InChI=1S/C17H30N2S/c1-5-13-8-10-19(11-9-13)14(12-18)15-6-7-16(20-15)17(2,3)4/h6-7,13-14H,5,8-12,18H2,1-4H3. The molecular formula is C17H30N2S. The summed E-state index contributed by atoms with van der Waals surface area (Å²) >= 11 is 1.95.